The number of nitrogens with one attached hydrogen (secondary N) is 1. The standard InChI is InChI=1S/C15H20FNO2/c1-19-15(18)13-8-7-12(16)9-14(13)17-10-11-5-3-2-4-6-11/h7-9,11,17H,2-6,10H2,1H3. The van der Waals surface area contributed by atoms with Crippen LogP contribution in [0.1, 0.15) is 42.5 Å². The number of hydrogen-bond acceptors (Lipinski definition) is 3. The number of esters is 1. The van der Waals surface area contributed by atoms with Gasteiger partial charge >= 0.3 is 5.97 Å². The summed E-state index contributed by atoms with van der Waals surface area (Å²) < 4.78 is 18.0. The minimum absolute atomic E-state index is 0.348. The number of carbonyl (C=O) groups excluding carboxylic acids is 1. The molecule has 1 N–H and O–H groups in total. The lowest BCUT2D eigenvalue weighted by Gasteiger charge is -2.22. The second-order valence-corrected chi connectivity index (χ2v) is 5.07. The Labute approximate surface area is 113 Å². The van der Waals surface area contributed by atoms with Crippen LogP contribution in [0.2, 0.25) is 0 Å². The molecule has 4 heteroatoms. The van der Waals surface area contributed by atoms with E-state index in [1.165, 1.54) is 57.4 Å². The maximum absolute atomic E-state index is 13.3. The first-order valence-corrected chi connectivity index (χ1v) is 6.82. The van der Waals surface area contributed by atoms with Crippen molar-refractivity contribution in [1.29, 1.82) is 0 Å². The Morgan fingerprint density at radius 1 is 1.37 bits per heavy atom. The van der Waals surface area contributed by atoms with Crippen LogP contribution in [0.4, 0.5) is 10.1 Å². The molecular weight excluding hydrogens is 245 g/mol. The molecule has 2 rings (SSSR count). The highest BCUT2D eigenvalue weighted by atomic mass is 19.1. The molecule has 0 amide bonds. The fourth-order valence-electron chi connectivity index (χ4n) is 2.60. The topological polar surface area (TPSA) is 38.3 Å². The van der Waals surface area contributed by atoms with Crippen LogP contribution >= 0.6 is 0 Å². The number of methoxy groups -OCH3 is 1. The summed E-state index contributed by atoms with van der Waals surface area (Å²) in [4.78, 5) is 11.6. The Kier molecular flexibility index (Phi) is 4.77. The molecule has 0 spiro atoms. The summed E-state index contributed by atoms with van der Waals surface area (Å²) in [6, 6.07) is 4.09. The van der Waals surface area contributed by atoms with E-state index in [4.69, 9.17) is 4.74 Å². The lowest BCUT2D eigenvalue weighted by Crippen LogP contribution is -2.18. The van der Waals surface area contributed by atoms with Gasteiger partial charge in [0.15, 0.2) is 0 Å². The van der Waals surface area contributed by atoms with Gasteiger partial charge < -0.3 is 10.1 Å². The minimum atomic E-state index is -0.439. The van der Waals surface area contributed by atoms with Gasteiger partial charge in [0.1, 0.15) is 5.82 Å². The average molecular weight is 265 g/mol. The van der Waals surface area contributed by atoms with Gasteiger partial charge in [-0.25, -0.2) is 9.18 Å². The highest BCUT2D eigenvalue weighted by Gasteiger charge is 2.16. The van der Waals surface area contributed by atoms with Gasteiger partial charge in [0.2, 0.25) is 0 Å². The third-order valence-electron chi connectivity index (χ3n) is 3.69. The number of hydrogen-bond donors (Lipinski definition) is 1. The van der Waals surface area contributed by atoms with Crippen LogP contribution in [-0.2, 0) is 4.74 Å². The molecule has 0 saturated heterocycles. The molecule has 1 aliphatic rings. The quantitative estimate of drug-likeness (QED) is 0.845. The minimum Gasteiger partial charge on any atom is -0.465 e. The molecule has 1 aliphatic carbocycles. The van der Waals surface area contributed by atoms with Gasteiger partial charge in [0.05, 0.1) is 18.4 Å². The van der Waals surface area contributed by atoms with E-state index in [9.17, 15) is 9.18 Å². The van der Waals surface area contributed by atoms with Crippen LogP contribution in [-0.4, -0.2) is 19.6 Å². The Morgan fingerprint density at radius 3 is 2.79 bits per heavy atom. The van der Waals surface area contributed by atoms with Crippen LogP contribution in [0.25, 0.3) is 0 Å². The third-order valence-corrected chi connectivity index (χ3v) is 3.69. The van der Waals surface area contributed by atoms with Crippen molar-refractivity contribution in [2.45, 2.75) is 32.1 Å². The SMILES string of the molecule is COC(=O)c1ccc(F)cc1NCC1CCCCC1. The molecule has 0 heterocycles. The maximum atomic E-state index is 13.3. The summed E-state index contributed by atoms with van der Waals surface area (Å²) >= 11 is 0. The molecule has 1 fully saturated rings. The molecule has 0 radical (unpaired) electrons. The summed E-state index contributed by atoms with van der Waals surface area (Å²) in [5.74, 6) is -0.174. The zero-order chi connectivity index (χ0) is 13.7. The number of rotatable bonds is 4. The van der Waals surface area contributed by atoms with E-state index < -0.39 is 5.97 Å². The first kappa shape index (κ1) is 13.8. The molecule has 19 heavy (non-hydrogen) atoms. The van der Waals surface area contributed by atoms with Crippen LogP contribution in [0.15, 0.2) is 18.2 Å². The lowest BCUT2D eigenvalue weighted by atomic mass is 9.89. The van der Waals surface area contributed by atoms with Gasteiger partial charge in [-0.2, -0.15) is 0 Å². The molecular formula is C15H20FNO2. The highest BCUT2D eigenvalue weighted by Crippen LogP contribution is 2.25. The Balaban J connectivity index is 2.05. The van der Waals surface area contributed by atoms with Crippen molar-refractivity contribution in [2.24, 2.45) is 5.92 Å². The van der Waals surface area contributed by atoms with Gasteiger partial charge in [-0.15, -0.1) is 0 Å². The number of benzene rings is 1. The Hall–Kier alpha value is -1.58. The van der Waals surface area contributed by atoms with Crippen molar-refractivity contribution in [3.05, 3.63) is 29.6 Å². The summed E-state index contributed by atoms with van der Waals surface area (Å²) in [5.41, 5.74) is 0.914. The van der Waals surface area contributed by atoms with Crippen molar-refractivity contribution in [1.82, 2.24) is 0 Å². The zero-order valence-corrected chi connectivity index (χ0v) is 11.2. The number of carbonyl (C=O) groups is 1. The molecule has 0 aromatic heterocycles. The lowest BCUT2D eigenvalue weighted by molar-refractivity contribution is 0.0601. The van der Waals surface area contributed by atoms with E-state index in [2.05, 4.69) is 5.32 Å². The predicted molar refractivity (Wildman–Crippen MR) is 72.8 cm³/mol. The van der Waals surface area contributed by atoms with Crippen LogP contribution in [0.3, 0.4) is 0 Å². The van der Waals surface area contributed by atoms with E-state index in [0.29, 0.717) is 17.2 Å². The molecule has 0 aliphatic heterocycles. The van der Waals surface area contributed by atoms with Crippen LogP contribution in [0, 0.1) is 11.7 Å². The fraction of sp³-hybridized carbons (Fsp3) is 0.533. The van der Waals surface area contributed by atoms with E-state index >= 15 is 0 Å². The van der Waals surface area contributed by atoms with Gasteiger partial charge in [-0.1, -0.05) is 19.3 Å². The second kappa shape index (κ2) is 6.55. The van der Waals surface area contributed by atoms with Gasteiger partial charge in [-0.05, 0) is 37.0 Å². The highest BCUT2D eigenvalue weighted by molar-refractivity contribution is 5.95. The summed E-state index contributed by atoms with van der Waals surface area (Å²) in [6.07, 6.45) is 6.24. The van der Waals surface area contributed by atoms with Gasteiger partial charge in [-0.3, -0.25) is 0 Å². The molecule has 1 aromatic rings. The number of ether oxygens (including phenoxy) is 1. The monoisotopic (exact) mass is 265 g/mol. The van der Waals surface area contributed by atoms with Crippen molar-refractivity contribution in [3.8, 4) is 0 Å². The molecule has 1 saturated carbocycles. The van der Waals surface area contributed by atoms with Crippen LogP contribution < -0.4 is 5.32 Å². The third kappa shape index (κ3) is 3.69. The molecule has 0 atom stereocenters. The predicted octanol–water partition coefficient (Wildman–Crippen LogP) is 3.60. The van der Waals surface area contributed by atoms with E-state index in [-0.39, 0.29) is 5.82 Å². The number of halogens is 1. The largest absolute Gasteiger partial charge is 0.465 e. The molecule has 0 unspecified atom stereocenters. The van der Waals surface area contributed by atoms with Crippen LogP contribution in [0.5, 0.6) is 0 Å². The van der Waals surface area contributed by atoms with Crippen molar-refractivity contribution >= 4 is 11.7 Å². The Morgan fingerprint density at radius 2 is 2.11 bits per heavy atom. The van der Waals surface area contributed by atoms with Crippen molar-refractivity contribution in [3.63, 3.8) is 0 Å². The molecule has 104 valence electrons. The summed E-state index contributed by atoms with van der Waals surface area (Å²) in [6.45, 7) is 0.785. The van der Waals surface area contributed by atoms with Gasteiger partial charge in [0.25, 0.3) is 0 Å². The zero-order valence-electron chi connectivity index (χ0n) is 11.2. The number of anilines is 1. The fourth-order valence-corrected chi connectivity index (χ4v) is 2.60. The summed E-state index contributed by atoms with van der Waals surface area (Å²) in [5, 5.41) is 3.20. The van der Waals surface area contributed by atoms with E-state index in [1.54, 1.807) is 0 Å². The smallest absolute Gasteiger partial charge is 0.339 e. The van der Waals surface area contributed by atoms with E-state index in [0.717, 1.165) is 6.54 Å². The molecule has 3 nitrogen and oxygen atoms in total. The normalized spacial score (nSPS) is 16.1. The first-order valence-electron chi connectivity index (χ1n) is 6.82. The second-order valence-electron chi connectivity index (χ2n) is 5.07. The molecule has 0 bridgehead atoms. The average Bonchev–Trinajstić information content (AvgIpc) is 2.45. The van der Waals surface area contributed by atoms with Crippen molar-refractivity contribution < 1.29 is 13.9 Å². The molecule has 1 aromatic carbocycles. The summed E-state index contributed by atoms with van der Waals surface area (Å²) in [7, 11) is 1.33. The first-order chi connectivity index (χ1) is 9.20. The maximum Gasteiger partial charge on any atom is 0.339 e. The Bertz CT molecular complexity index is 442. The van der Waals surface area contributed by atoms with E-state index in [1.807, 2.05) is 0 Å². The van der Waals surface area contributed by atoms with Gasteiger partial charge in [0, 0.05) is 6.54 Å². The van der Waals surface area contributed by atoms with Crippen molar-refractivity contribution in [2.75, 3.05) is 19.0 Å².